The van der Waals surface area contributed by atoms with Crippen LogP contribution < -0.4 is 16.4 Å². The average Bonchev–Trinajstić information content (AvgIpc) is 2.13. The van der Waals surface area contributed by atoms with Gasteiger partial charge in [0.25, 0.3) is 0 Å². The quantitative estimate of drug-likeness (QED) is 0.392. The third-order valence-electron chi connectivity index (χ3n) is 1.55. The monoisotopic (exact) mass is 217 g/mol. The van der Waals surface area contributed by atoms with Crippen LogP contribution in [-0.4, -0.2) is 42.0 Å². The van der Waals surface area contributed by atoms with Crippen LogP contribution in [-0.2, 0) is 14.4 Å². The van der Waals surface area contributed by atoms with Crippen molar-refractivity contribution in [3.63, 3.8) is 0 Å². The minimum absolute atomic E-state index is 0.0884. The number of primary amides is 1. The highest BCUT2D eigenvalue weighted by Gasteiger charge is 2.11. The molecule has 0 saturated heterocycles. The van der Waals surface area contributed by atoms with Gasteiger partial charge in [0.15, 0.2) is 0 Å². The van der Waals surface area contributed by atoms with Gasteiger partial charge in [-0.05, 0) is 0 Å². The Morgan fingerprint density at radius 2 is 1.93 bits per heavy atom. The summed E-state index contributed by atoms with van der Waals surface area (Å²) < 4.78 is 0. The molecule has 0 aromatic heterocycles. The maximum Gasteiger partial charge on any atom is 0.248 e. The molecule has 0 radical (unpaired) electrons. The highest BCUT2D eigenvalue weighted by molar-refractivity contribution is 5.81. The Bertz CT molecular complexity index is 254. The van der Waals surface area contributed by atoms with E-state index in [1.54, 1.807) is 0 Å². The van der Waals surface area contributed by atoms with E-state index in [1.807, 2.05) is 0 Å². The van der Waals surface area contributed by atoms with Gasteiger partial charge in [0, 0.05) is 19.9 Å². The van der Waals surface area contributed by atoms with Crippen molar-refractivity contribution in [1.82, 2.24) is 10.6 Å². The summed E-state index contributed by atoms with van der Waals surface area (Å²) in [4.78, 5) is 31.8. The van der Waals surface area contributed by atoms with Gasteiger partial charge in [-0.15, -0.1) is 0 Å². The van der Waals surface area contributed by atoms with E-state index in [2.05, 4.69) is 10.6 Å². The van der Waals surface area contributed by atoms with E-state index in [0.29, 0.717) is 0 Å². The van der Waals surface area contributed by atoms with Crippen LogP contribution in [0, 0.1) is 0 Å². The molecule has 0 saturated carbocycles. The number of hydrogen-bond donors (Lipinski definition) is 4. The van der Waals surface area contributed by atoms with Crippen LogP contribution in [0.3, 0.4) is 0 Å². The molecular formula is C8H15N3O4. The van der Waals surface area contributed by atoms with Crippen molar-refractivity contribution >= 4 is 17.7 Å². The van der Waals surface area contributed by atoms with Crippen LogP contribution in [0.1, 0.15) is 13.3 Å². The lowest BCUT2D eigenvalue weighted by atomic mass is 10.3. The van der Waals surface area contributed by atoms with E-state index in [1.165, 1.54) is 6.92 Å². The minimum Gasteiger partial charge on any atom is -0.381 e. The van der Waals surface area contributed by atoms with Crippen molar-refractivity contribution in [2.75, 3.05) is 13.1 Å². The highest BCUT2D eigenvalue weighted by atomic mass is 16.3. The zero-order valence-corrected chi connectivity index (χ0v) is 8.45. The zero-order valence-electron chi connectivity index (χ0n) is 8.45. The minimum atomic E-state index is -1.38. The molecule has 86 valence electrons. The molecule has 0 rings (SSSR count). The molecule has 5 N–H and O–H groups in total. The first-order chi connectivity index (χ1) is 6.93. The SMILES string of the molecule is CC(=O)NCCC(=O)NCC(O)C(N)=O. The Kier molecular flexibility index (Phi) is 6.03. The molecule has 0 fully saturated rings. The molecule has 0 aromatic carbocycles. The summed E-state index contributed by atoms with van der Waals surface area (Å²) in [5.74, 6) is -1.49. The first kappa shape index (κ1) is 13.4. The number of carbonyl (C=O) groups is 3. The topological polar surface area (TPSA) is 122 Å². The van der Waals surface area contributed by atoms with Crippen LogP contribution >= 0.6 is 0 Å². The fraction of sp³-hybridized carbons (Fsp3) is 0.625. The molecule has 0 aliphatic heterocycles. The molecule has 7 heteroatoms. The molecule has 0 aromatic rings. The van der Waals surface area contributed by atoms with Gasteiger partial charge in [-0.2, -0.15) is 0 Å². The van der Waals surface area contributed by atoms with E-state index in [0.717, 1.165) is 0 Å². The van der Waals surface area contributed by atoms with Gasteiger partial charge in [-0.1, -0.05) is 0 Å². The van der Waals surface area contributed by atoms with Gasteiger partial charge in [-0.3, -0.25) is 14.4 Å². The molecule has 15 heavy (non-hydrogen) atoms. The van der Waals surface area contributed by atoms with Crippen molar-refractivity contribution in [1.29, 1.82) is 0 Å². The smallest absolute Gasteiger partial charge is 0.248 e. The number of rotatable bonds is 6. The second kappa shape index (κ2) is 6.77. The average molecular weight is 217 g/mol. The summed E-state index contributed by atoms with van der Waals surface area (Å²) >= 11 is 0. The van der Waals surface area contributed by atoms with Gasteiger partial charge < -0.3 is 21.5 Å². The van der Waals surface area contributed by atoms with Gasteiger partial charge in [0.05, 0.1) is 6.54 Å². The molecular weight excluding hydrogens is 202 g/mol. The fourth-order valence-electron chi connectivity index (χ4n) is 0.752. The first-order valence-corrected chi connectivity index (χ1v) is 4.42. The van der Waals surface area contributed by atoms with Crippen molar-refractivity contribution in [3.05, 3.63) is 0 Å². The largest absolute Gasteiger partial charge is 0.381 e. The molecule has 0 spiro atoms. The molecule has 0 aliphatic rings. The van der Waals surface area contributed by atoms with E-state index in [4.69, 9.17) is 10.8 Å². The number of hydrogen-bond acceptors (Lipinski definition) is 4. The molecule has 1 unspecified atom stereocenters. The normalized spacial score (nSPS) is 11.6. The van der Waals surface area contributed by atoms with Crippen LogP contribution in [0.15, 0.2) is 0 Å². The van der Waals surface area contributed by atoms with E-state index in [9.17, 15) is 14.4 Å². The first-order valence-electron chi connectivity index (χ1n) is 4.42. The zero-order chi connectivity index (χ0) is 11.8. The van der Waals surface area contributed by atoms with E-state index < -0.39 is 12.0 Å². The van der Waals surface area contributed by atoms with E-state index in [-0.39, 0.29) is 31.3 Å². The maximum atomic E-state index is 11.0. The Balaban J connectivity index is 3.57. The third kappa shape index (κ3) is 7.44. The van der Waals surface area contributed by atoms with E-state index >= 15 is 0 Å². The van der Waals surface area contributed by atoms with Crippen LogP contribution in [0.2, 0.25) is 0 Å². The van der Waals surface area contributed by atoms with Gasteiger partial charge >= 0.3 is 0 Å². The lowest BCUT2D eigenvalue weighted by molar-refractivity contribution is -0.127. The molecule has 7 nitrogen and oxygen atoms in total. The van der Waals surface area contributed by atoms with Crippen LogP contribution in [0.4, 0.5) is 0 Å². The molecule has 0 bridgehead atoms. The number of nitrogens with two attached hydrogens (primary N) is 1. The maximum absolute atomic E-state index is 11.0. The Morgan fingerprint density at radius 3 is 2.40 bits per heavy atom. The fourth-order valence-corrected chi connectivity index (χ4v) is 0.752. The standard InChI is InChI=1S/C8H15N3O4/c1-5(12)10-3-2-7(14)11-4-6(13)8(9)15/h6,13H,2-4H2,1H3,(H2,9,15)(H,10,12)(H,11,14). The third-order valence-corrected chi connectivity index (χ3v) is 1.55. The lowest BCUT2D eigenvalue weighted by Gasteiger charge is -2.08. The summed E-state index contributed by atoms with van der Waals surface area (Å²) in [5, 5.41) is 13.7. The van der Waals surface area contributed by atoms with Gasteiger partial charge in [0.2, 0.25) is 17.7 Å². The molecule has 0 aliphatic carbocycles. The second-order valence-electron chi connectivity index (χ2n) is 2.96. The number of aliphatic hydroxyl groups is 1. The molecule has 1 atom stereocenters. The predicted molar refractivity (Wildman–Crippen MR) is 51.5 cm³/mol. The van der Waals surface area contributed by atoms with Gasteiger partial charge in [-0.25, -0.2) is 0 Å². The summed E-state index contributed by atoms with van der Waals surface area (Å²) in [5.41, 5.74) is 4.76. The van der Waals surface area contributed by atoms with Crippen molar-refractivity contribution in [2.24, 2.45) is 5.73 Å². The van der Waals surface area contributed by atoms with Crippen molar-refractivity contribution in [2.45, 2.75) is 19.4 Å². The van der Waals surface area contributed by atoms with Crippen molar-refractivity contribution in [3.8, 4) is 0 Å². The van der Waals surface area contributed by atoms with Crippen LogP contribution in [0.5, 0.6) is 0 Å². The number of aliphatic hydroxyl groups excluding tert-OH is 1. The summed E-state index contributed by atoms with van der Waals surface area (Å²) in [7, 11) is 0. The highest BCUT2D eigenvalue weighted by Crippen LogP contribution is 1.81. The second-order valence-corrected chi connectivity index (χ2v) is 2.96. The van der Waals surface area contributed by atoms with Gasteiger partial charge in [0.1, 0.15) is 6.10 Å². The predicted octanol–water partition coefficient (Wildman–Crippen LogP) is -2.52. The summed E-state index contributed by atoms with van der Waals surface area (Å²) in [6.07, 6.45) is -1.29. The van der Waals surface area contributed by atoms with Crippen molar-refractivity contribution < 1.29 is 19.5 Å². The lowest BCUT2D eigenvalue weighted by Crippen LogP contribution is -2.40. The Labute approximate surface area is 87.0 Å². The summed E-state index contributed by atoms with van der Waals surface area (Å²) in [6.45, 7) is 1.34. The Morgan fingerprint density at radius 1 is 1.33 bits per heavy atom. The Hall–Kier alpha value is -1.63. The molecule has 3 amide bonds. The number of amides is 3. The van der Waals surface area contributed by atoms with Crippen LogP contribution in [0.25, 0.3) is 0 Å². The number of nitrogens with one attached hydrogen (secondary N) is 2. The number of carbonyl (C=O) groups excluding carboxylic acids is 3. The molecule has 0 heterocycles. The summed E-state index contributed by atoms with van der Waals surface area (Å²) in [6, 6.07) is 0.